The van der Waals surface area contributed by atoms with E-state index in [2.05, 4.69) is 32.5 Å². The van der Waals surface area contributed by atoms with E-state index < -0.39 is 0 Å². The third-order valence-electron chi connectivity index (χ3n) is 1.63. The predicted octanol–water partition coefficient (Wildman–Crippen LogP) is 3.75. The lowest BCUT2D eigenvalue weighted by Gasteiger charge is -2.07. The van der Waals surface area contributed by atoms with E-state index in [9.17, 15) is 0 Å². The van der Waals surface area contributed by atoms with Gasteiger partial charge in [0, 0.05) is 35.9 Å². The fraction of sp³-hybridized carbons (Fsp3) is 0.111. The van der Waals surface area contributed by atoms with Gasteiger partial charge in [-0.3, -0.25) is 0 Å². The minimum absolute atomic E-state index is 0.846. The van der Waals surface area contributed by atoms with E-state index >= 15 is 0 Å². The molecule has 0 aromatic heterocycles. The quantitative estimate of drug-likeness (QED) is 0.676. The molecule has 0 aliphatic heterocycles. The monoisotopic (exact) mass is 307 g/mol. The molecule has 0 aliphatic rings. The van der Waals surface area contributed by atoms with Crippen molar-refractivity contribution in [2.45, 2.75) is 0 Å². The highest BCUT2D eigenvalue weighted by Gasteiger charge is 1.99. The van der Waals surface area contributed by atoms with Crippen molar-refractivity contribution in [1.82, 2.24) is 0 Å². The van der Waals surface area contributed by atoms with E-state index in [0.29, 0.717) is 0 Å². The zero-order chi connectivity index (χ0) is 9.68. The van der Waals surface area contributed by atoms with Crippen LogP contribution < -0.4 is 9.46 Å². The second-order valence-electron chi connectivity index (χ2n) is 2.34. The van der Waals surface area contributed by atoms with Gasteiger partial charge in [-0.05, 0) is 18.2 Å². The lowest BCUT2D eigenvalue weighted by Crippen LogP contribution is -1.89. The first-order valence-electron chi connectivity index (χ1n) is 3.66. The van der Waals surface area contributed by atoms with Crippen LogP contribution in [0.2, 0.25) is 0 Å². The van der Waals surface area contributed by atoms with E-state index in [1.807, 2.05) is 18.2 Å². The molecular formula is C9H10INOS. The molecule has 0 unspecified atom stereocenters. The molecular weight excluding hydrogens is 297 g/mol. The second kappa shape index (κ2) is 5.39. The first kappa shape index (κ1) is 10.7. The van der Waals surface area contributed by atoms with Crippen LogP contribution in [-0.4, -0.2) is 7.11 Å². The van der Waals surface area contributed by atoms with Gasteiger partial charge in [0.05, 0.1) is 12.8 Å². The van der Waals surface area contributed by atoms with E-state index in [0.717, 1.165) is 17.0 Å². The van der Waals surface area contributed by atoms with Gasteiger partial charge in [0.25, 0.3) is 0 Å². The van der Waals surface area contributed by atoms with Crippen LogP contribution in [0.4, 0.5) is 5.69 Å². The first-order valence-corrected chi connectivity index (χ1v) is 7.01. The van der Waals surface area contributed by atoms with Crippen molar-refractivity contribution in [1.29, 1.82) is 0 Å². The summed E-state index contributed by atoms with van der Waals surface area (Å²) in [6, 6.07) is 5.84. The van der Waals surface area contributed by atoms with Crippen molar-refractivity contribution in [3.8, 4) is 5.75 Å². The molecule has 0 radical (unpaired) electrons. The molecule has 0 bridgehead atoms. The number of hydrogen-bond donors (Lipinski definition) is 1. The highest BCUT2D eigenvalue weighted by molar-refractivity contribution is 14.2. The van der Waals surface area contributed by atoms with E-state index in [4.69, 9.17) is 4.74 Å². The minimum atomic E-state index is 0.846. The van der Waals surface area contributed by atoms with Crippen LogP contribution in [0.15, 0.2) is 24.8 Å². The van der Waals surface area contributed by atoms with Gasteiger partial charge in [-0.25, -0.2) is 0 Å². The summed E-state index contributed by atoms with van der Waals surface area (Å²) < 4.78 is 8.26. The third-order valence-corrected chi connectivity index (χ3v) is 2.58. The number of hydrogen-bond acceptors (Lipinski definition) is 3. The number of rotatable bonds is 4. The Kier molecular flexibility index (Phi) is 4.44. The van der Waals surface area contributed by atoms with Gasteiger partial charge in [-0.1, -0.05) is 12.7 Å². The first-order chi connectivity index (χ1) is 6.31. The molecule has 0 spiro atoms. The largest absolute Gasteiger partial charge is 0.497 e. The molecule has 1 rings (SSSR count). The standard InChI is InChI=1S/C9H10INOS/c1-3-7-6-8(12-2)4-5-9(7)11-13-10/h3-6,11H,1H2,2H3. The fourth-order valence-corrected chi connectivity index (χ4v) is 1.95. The summed E-state index contributed by atoms with van der Waals surface area (Å²) in [6.45, 7) is 3.74. The highest BCUT2D eigenvalue weighted by atomic mass is 127. The molecule has 0 aliphatic carbocycles. The lowest BCUT2D eigenvalue weighted by atomic mass is 10.2. The summed E-state index contributed by atoms with van der Waals surface area (Å²) in [7, 11) is 3.18. The smallest absolute Gasteiger partial charge is 0.119 e. The summed E-state index contributed by atoms with van der Waals surface area (Å²) in [4.78, 5) is 0. The molecule has 0 atom stereocenters. The Balaban J connectivity index is 3.00. The summed E-state index contributed by atoms with van der Waals surface area (Å²) in [5.74, 6) is 0.846. The normalized spacial score (nSPS) is 9.38. The van der Waals surface area contributed by atoms with Gasteiger partial charge in [-0.15, -0.1) is 0 Å². The van der Waals surface area contributed by atoms with E-state index in [1.165, 1.54) is 9.12 Å². The molecule has 0 heterocycles. The molecule has 1 aromatic carbocycles. The van der Waals surface area contributed by atoms with Crippen LogP contribution in [0, 0.1) is 0 Å². The highest BCUT2D eigenvalue weighted by Crippen LogP contribution is 2.26. The molecule has 1 N–H and O–H groups in total. The fourth-order valence-electron chi connectivity index (χ4n) is 0.971. The van der Waals surface area contributed by atoms with Crippen LogP contribution >= 0.6 is 30.3 Å². The maximum absolute atomic E-state index is 5.11. The number of anilines is 1. The number of benzene rings is 1. The second-order valence-corrected chi connectivity index (χ2v) is 4.02. The van der Waals surface area contributed by atoms with Gasteiger partial charge in [0.15, 0.2) is 0 Å². The number of nitrogens with one attached hydrogen (secondary N) is 1. The van der Waals surface area contributed by atoms with E-state index in [1.54, 1.807) is 13.2 Å². The topological polar surface area (TPSA) is 21.3 Å². The van der Waals surface area contributed by atoms with Crippen molar-refractivity contribution >= 4 is 42.1 Å². The van der Waals surface area contributed by atoms with Crippen molar-refractivity contribution in [3.05, 3.63) is 30.3 Å². The van der Waals surface area contributed by atoms with E-state index in [-0.39, 0.29) is 0 Å². The molecule has 0 amide bonds. The number of ether oxygens (including phenoxy) is 1. The number of methoxy groups -OCH3 is 1. The Morgan fingerprint density at radius 3 is 2.92 bits per heavy atom. The van der Waals surface area contributed by atoms with Crippen LogP contribution in [-0.2, 0) is 0 Å². The third kappa shape index (κ3) is 2.80. The van der Waals surface area contributed by atoms with Gasteiger partial charge in [0.1, 0.15) is 5.75 Å². The SMILES string of the molecule is C=Cc1cc(OC)ccc1NSI. The maximum atomic E-state index is 5.11. The summed E-state index contributed by atoms with van der Waals surface area (Å²) >= 11 is 2.18. The van der Waals surface area contributed by atoms with Crippen molar-refractivity contribution in [3.63, 3.8) is 0 Å². The van der Waals surface area contributed by atoms with Crippen LogP contribution in [0.3, 0.4) is 0 Å². The maximum Gasteiger partial charge on any atom is 0.119 e. The Morgan fingerprint density at radius 2 is 2.38 bits per heavy atom. The minimum Gasteiger partial charge on any atom is -0.497 e. The molecule has 13 heavy (non-hydrogen) atoms. The molecule has 4 heteroatoms. The van der Waals surface area contributed by atoms with Gasteiger partial charge >= 0.3 is 0 Å². The van der Waals surface area contributed by atoms with Crippen molar-refractivity contribution in [2.24, 2.45) is 0 Å². The summed E-state index contributed by atoms with van der Waals surface area (Å²) in [5.41, 5.74) is 2.10. The Morgan fingerprint density at radius 1 is 1.62 bits per heavy atom. The van der Waals surface area contributed by atoms with Crippen LogP contribution in [0.5, 0.6) is 5.75 Å². The summed E-state index contributed by atoms with van der Waals surface area (Å²) in [5, 5.41) is 0. The van der Waals surface area contributed by atoms with Gasteiger partial charge in [-0.2, -0.15) is 0 Å². The lowest BCUT2D eigenvalue weighted by molar-refractivity contribution is 0.415. The molecule has 70 valence electrons. The molecule has 0 saturated carbocycles. The Labute approximate surface area is 94.5 Å². The van der Waals surface area contributed by atoms with Gasteiger partial charge < -0.3 is 9.46 Å². The molecule has 2 nitrogen and oxygen atoms in total. The van der Waals surface area contributed by atoms with Crippen LogP contribution in [0.25, 0.3) is 6.08 Å². The van der Waals surface area contributed by atoms with Crippen molar-refractivity contribution in [2.75, 3.05) is 11.8 Å². The molecule has 0 fully saturated rings. The number of halogens is 1. The zero-order valence-corrected chi connectivity index (χ0v) is 10.2. The van der Waals surface area contributed by atoms with Crippen LogP contribution in [0.1, 0.15) is 5.56 Å². The Bertz CT molecular complexity index is 304. The average molecular weight is 307 g/mol. The summed E-state index contributed by atoms with van der Waals surface area (Å²) in [6.07, 6.45) is 1.80. The van der Waals surface area contributed by atoms with Crippen molar-refractivity contribution < 1.29 is 4.74 Å². The molecule has 1 aromatic rings. The zero-order valence-electron chi connectivity index (χ0n) is 7.21. The average Bonchev–Trinajstić information content (AvgIpc) is 2.19. The Hall–Kier alpha value is -0.360. The van der Waals surface area contributed by atoms with Gasteiger partial charge in [0.2, 0.25) is 0 Å². The predicted molar refractivity (Wildman–Crippen MR) is 68.3 cm³/mol. The molecule has 0 saturated heterocycles.